The fourth-order valence-electron chi connectivity index (χ4n) is 6.14. The lowest BCUT2D eigenvalue weighted by Gasteiger charge is -2.45. The molecule has 0 unspecified atom stereocenters. The summed E-state index contributed by atoms with van der Waals surface area (Å²) >= 11 is 0. The molecule has 1 aromatic carbocycles. The summed E-state index contributed by atoms with van der Waals surface area (Å²) in [6, 6.07) is 5.39. The number of carbonyl (C=O) groups excluding carboxylic acids is 4. The van der Waals surface area contributed by atoms with E-state index in [1.165, 1.54) is 16.9 Å². The van der Waals surface area contributed by atoms with Gasteiger partial charge >= 0.3 is 18.2 Å². The van der Waals surface area contributed by atoms with Crippen LogP contribution >= 0.6 is 0 Å². The number of para-hydroxylation sites is 1. The van der Waals surface area contributed by atoms with E-state index in [-0.39, 0.29) is 12.3 Å². The Bertz CT molecular complexity index is 1260. The molecule has 238 valence electrons. The molecule has 2 aliphatic rings. The number of rotatable bonds is 7. The Balaban J connectivity index is 2.31. The lowest BCUT2D eigenvalue weighted by Crippen LogP contribution is -2.61. The van der Waals surface area contributed by atoms with E-state index in [2.05, 4.69) is 11.9 Å². The lowest BCUT2D eigenvalue weighted by molar-refractivity contribution is -0.147. The first-order valence-electron chi connectivity index (χ1n) is 14.9. The Hall–Kier alpha value is -3.56. The molecule has 5 atom stereocenters. The second-order valence-electron chi connectivity index (χ2n) is 14.1. The molecule has 2 aliphatic heterocycles. The van der Waals surface area contributed by atoms with E-state index in [1.807, 2.05) is 52.0 Å². The second kappa shape index (κ2) is 11.8. The number of allylic oxidation sites excluding steroid dienone is 1. The lowest BCUT2D eigenvalue weighted by atomic mass is 9.60. The fourth-order valence-corrected chi connectivity index (χ4v) is 6.14. The van der Waals surface area contributed by atoms with Crippen molar-refractivity contribution in [3.8, 4) is 0 Å². The monoisotopic (exact) mass is 599 g/mol. The largest absolute Gasteiger partial charge is 0.467 e. The van der Waals surface area contributed by atoms with Gasteiger partial charge in [-0.1, -0.05) is 58.4 Å². The highest BCUT2D eigenvalue weighted by atomic mass is 16.6. The van der Waals surface area contributed by atoms with Crippen LogP contribution < -0.4 is 10.2 Å². The SMILES string of the molecule is C=CC(C)(C)[C@@]12C[C@@H](C(=O)N[C@@H](C(=O)OC)[C@@H](C)CC)N(C(=O)OC(C)(C)C)[C@@H]1N(C(=O)OC(C)(C)C)c1ccccc12. The van der Waals surface area contributed by atoms with Crippen molar-refractivity contribution < 1.29 is 33.4 Å². The van der Waals surface area contributed by atoms with E-state index in [4.69, 9.17) is 14.2 Å². The number of nitrogens with zero attached hydrogens (tertiary/aromatic N) is 2. The van der Waals surface area contributed by atoms with Gasteiger partial charge in [0.15, 0.2) is 0 Å². The van der Waals surface area contributed by atoms with Gasteiger partial charge in [-0.2, -0.15) is 0 Å². The molecule has 0 saturated carbocycles. The number of hydrogen-bond acceptors (Lipinski definition) is 7. The van der Waals surface area contributed by atoms with Crippen LogP contribution in [0.3, 0.4) is 0 Å². The third kappa shape index (κ3) is 6.24. The van der Waals surface area contributed by atoms with Gasteiger partial charge in [0, 0.05) is 5.41 Å². The molecule has 10 heteroatoms. The van der Waals surface area contributed by atoms with Gasteiger partial charge in [-0.15, -0.1) is 6.58 Å². The number of ether oxygens (including phenoxy) is 3. The number of hydrogen-bond donors (Lipinski definition) is 1. The molecule has 0 aliphatic carbocycles. The Kier molecular flexibility index (Phi) is 9.35. The Morgan fingerprint density at radius 1 is 1.02 bits per heavy atom. The minimum Gasteiger partial charge on any atom is -0.467 e. The van der Waals surface area contributed by atoms with E-state index in [0.29, 0.717) is 12.1 Å². The summed E-state index contributed by atoms with van der Waals surface area (Å²) in [5.41, 5.74) is -2.09. The van der Waals surface area contributed by atoms with Gasteiger partial charge in [-0.3, -0.25) is 14.6 Å². The molecule has 0 spiro atoms. The normalized spacial score (nSPS) is 23.0. The van der Waals surface area contributed by atoms with Crippen molar-refractivity contribution in [3.05, 3.63) is 42.5 Å². The van der Waals surface area contributed by atoms with Crippen molar-refractivity contribution >= 4 is 29.8 Å². The van der Waals surface area contributed by atoms with Crippen LogP contribution in [0.4, 0.5) is 15.3 Å². The molecule has 3 rings (SSSR count). The minimum atomic E-state index is -1.10. The molecule has 0 bridgehead atoms. The van der Waals surface area contributed by atoms with Crippen LogP contribution in [0.15, 0.2) is 36.9 Å². The number of methoxy groups -OCH3 is 1. The molecule has 1 fully saturated rings. The fraction of sp³-hybridized carbons (Fsp3) is 0.636. The zero-order valence-electron chi connectivity index (χ0n) is 27.6. The van der Waals surface area contributed by atoms with Gasteiger partial charge in [-0.25, -0.2) is 14.4 Å². The van der Waals surface area contributed by atoms with Crippen LogP contribution in [-0.4, -0.2) is 65.5 Å². The summed E-state index contributed by atoms with van der Waals surface area (Å²) in [6.07, 6.45) is 0.105. The van der Waals surface area contributed by atoms with E-state index in [9.17, 15) is 19.2 Å². The maximum Gasteiger partial charge on any atom is 0.416 e. The van der Waals surface area contributed by atoms with Gasteiger partial charge in [0.25, 0.3) is 0 Å². The highest BCUT2D eigenvalue weighted by Crippen LogP contribution is 2.62. The standard InChI is InChI=1S/C33H49N3O7/c1-13-20(3)24(26(38)41-12)34-25(37)23-19-33(32(10,11)14-2)21-17-15-16-18-22(21)35(28(39)42-30(4,5)6)27(33)36(23)29(40)43-31(7,8)9/h14-18,20,23-24,27H,2,13,19H2,1,3-12H3,(H,34,37)/t20-,23-,24+,27-,33+/m0/s1. The van der Waals surface area contributed by atoms with Crippen LogP contribution in [0.25, 0.3) is 0 Å². The number of benzene rings is 1. The zero-order chi connectivity index (χ0) is 32.7. The molecule has 1 aromatic rings. The Labute approximate surface area is 256 Å². The highest BCUT2D eigenvalue weighted by Gasteiger charge is 2.70. The topological polar surface area (TPSA) is 114 Å². The summed E-state index contributed by atoms with van der Waals surface area (Å²) in [5, 5.41) is 2.87. The van der Waals surface area contributed by atoms with E-state index in [0.717, 1.165) is 5.56 Å². The minimum absolute atomic E-state index is 0.131. The van der Waals surface area contributed by atoms with E-state index >= 15 is 0 Å². The number of carbonyl (C=O) groups is 4. The summed E-state index contributed by atoms with van der Waals surface area (Å²) in [4.78, 5) is 58.0. The van der Waals surface area contributed by atoms with Crippen molar-refractivity contribution in [2.75, 3.05) is 12.0 Å². The van der Waals surface area contributed by atoms with Gasteiger partial charge in [0.2, 0.25) is 5.91 Å². The molecular weight excluding hydrogens is 550 g/mol. The van der Waals surface area contributed by atoms with Crippen LogP contribution in [0, 0.1) is 11.3 Å². The first-order valence-corrected chi connectivity index (χ1v) is 14.9. The first kappa shape index (κ1) is 33.9. The average Bonchev–Trinajstić information content (AvgIpc) is 3.40. The molecule has 0 radical (unpaired) electrons. The molecule has 10 nitrogen and oxygen atoms in total. The molecule has 1 saturated heterocycles. The number of amides is 3. The predicted octanol–water partition coefficient (Wildman–Crippen LogP) is 5.93. The van der Waals surface area contributed by atoms with Gasteiger partial charge in [-0.05, 0) is 70.9 Å². The van der Waals surface area contributed by atoms with Gasteiger partial charge in [0.05, 0.1) is 12.8 Å². The van der Waals surface area contributed by atoms with Crippen LogP contribution in [0.5, 0.6) is 0 Å². The zero-order valence-corrected chi connectivity index (χ0v) is 27.6. The van der Waals surface area contributed by atoms with Gasteiger partial charge in [0.1, 0.15) is 29.5 Å². The number of esters is 1. The smallest absolute Gasteiger partial charge is 0.416 e. The van der Waals surface area contributed by atoms with Crippen molar-refractivity contribution in [2.45, 2.75) is 117 Å². The molecule has 3 amide bonds. The molecule has 1 N–H and O–H groups in total. The van der Waals surface area contributed by atoms with Gasteiger partial charge < -0.3 is 19.5 Å². The Morgan fingerprint density at radius 2 is 1.58 bits per heavy atom. The number of nitrogens with one attached hydrogen (secondary N) is 1. The molecular formula is C33H49N3O7. The maximum atomic E-state index is 14.3. The maximum absolute atomic E-state index is 14.3. The third-order valence-electron chi connectivity index (χ3n) is 8.57. The predicted molar refractivity (Wildman–Crippen MR) is 164 cm³/mol. The summed E-state index contributed by atoms with van der Waals surface area (Å²) in [6.45, 7) is 22.4. The van der Waals surface area contributed by atoms with E-state index in [1.54, 1.807) is 47.6 Å². The third-order valence-corrected chi connectivity index (χ3v) is 8.57. The van der Waals surface area contributed by atoms with Crippen molar-refractivity contribution in [3.63, 3.8) is 0 Å². The van der Waals surface area contributed by atoms with Crippen molar-refractivity contribution in [2.24, 2.45) is 11.3 Å². The second-order valence-corrected chi connectivity index (χ2v) is 14.1. The number of likely N-dealkylation sites (tertiary alicyclic amines) is 1. The van der Waals surface area contributed by atoms with Crippen LogP contribution in [-0.2, 0) is 29.2 Å². The van der Waals surface area contributed by atoms with Crippen LogP contribution in [0.2, 0.25) is 0 Å². The number of anilines is 1. The average molecular weight is 600 g/mol. The molecule has 43 heavy (non-hydrogen) atoms. The Morgan fingerprint density at radius 3 is 2.09 bits per heavy atom. The first-order chi connectivity index (χ1) is 19.8. The quantitative estimate of drug-likeness (QED) is 0.235. The van der Waals surface area contributed by atoms with Crippen molar-refractivity contribution in [1.29, 1.82) is 0 Å². The summed E-state index contributed by atoms with van der Waals surface area (Å²) in [7, 11) is 1.27. The van der Waals surface area contributed by atoms with Crippen LogP contribution in [0.1, 0.15) is 87.6 Å². The highest BCUT2D eigenvalue weighted by molar-refractivity contribution is 5.97. The van der Waals surface area contributed by atoms with E-state index < -0.39 is 64.3 Å². The molecule has 2 heterocycles. The number of fused-ring (bicyclic) bond motifs is 3. The summed E-state index contributed by atoms with van der Waals surface area (Å²) < 4.78 is 16.8. The van der Waals surface area contributed by atoms with Crippen molar-refractivity contribution in [1.82, 2.24) is 10.2 Å². The summed E-state index contributed by atoms with van der Waals surface area (Å²) in [5.74, 6) is -1.35. The molecule has 0 aromatic heterocycles.